The number of benzene rings is 1. The van der Waals surface area contributed by atoms with Gasteiger partial charge in [0.25, 0.3) is 11.6 Å². The third-order valence-electron chi connectivity index (χ3n) is 4.54. The highest BCUT2D eigenvalue weighted by atomic mass is 32.1. The number of rotatable bonds is 5. The number of nitro benzene ring substituents is 1. The van der Waals surface area contributed by atoms with Crippen LogP contribution < -0.4 is 5.32 Å². The third-order valence-corrected chi connectivity index (χ3v) is 5.43. The molecule has 3 heterocycles. The maximum atomic E-state index is 12.9. The zero-order valence-corrected chi connectivity index (χ0v) is 15.4. The van der Waals surface area contributed by atoms with E-state index in [4.69, 9.17) is 4.42 Å². The maximum absolute atomic E-state index is 12.9. The summed E-state index contributed by atoms with van der Waals surface area (Å²) in [6, 6.07) is 8.69. The second-order valence-electron chi connectivity index (χ2n) is 6.35. The molecule has 0 radical (unpaired) electrons. The molecule has 1 fully saturated rings. The highest BCUT2D eigenvalue weighted by molar-refractivity contribution is 7.13. The van der Waals surface area contributed by atoms with Crippen LogP contribution in [-0.2, 0) is 16.9 Å². The summed E-state index contributed by atoms with van der Waals surface area (Å²) in [4.78, 5) is 41.7. The number of oxazole rings is 1. The Balaban J connectivity index is 1.56. The molecule has 2 aromatic heterocycles. The van der Waals surface area contributed by atoms with Crippen LogP contribution in [0.4, 0.5) is 10.5 Å². The first kappa shape index (κ1) is 17.9. The van der Waals surface area contributed by atoms with Crippen molar-refractivity contribution in [1.29, 1.82) is 0 Å². The number of hydrogen-bond donors (Lipinski definition) is 1. The Morgan fingerprint density at radius 3 is 2.68 bits per heavy atom. The number of nitrogens with zero attached hydrogens (tertiary/aromatic N) is 3. The van der Waals surface area contributed by atoms with Crippen molar-refractivity contribution >= 4 is 29.0 Å². The Hall–Kier alpha value is -3.53. The van der Waals surface area contributed by atoms with Crippen LogP contribution in [0.25, 0.3) is 10.6 Å². The highest BCUT2D eigenvalue weighted by Gasteiger charge is 2.49. The van der Waals surface area contributed by atoms with Gasteiger partial charge in [-0.2, -0.15) is 0 Å². The van der Waals surface area contributed by atoms with E-state index in [2.05, 4.69) is 10.3 Å². The number of non-ortho nitro benzene ring substituents is 1. The van der Waals surface area contributed by atoms with Crippen LogP contribution in [0.3, 0.4) is 0 Å². The summed E-state index contributed by atoms with van der Waals surface area (Å²) in [5, 5.41) is 15.4. The van der Waals surface area contributed by atoms with Crippen molar-refractivity contribution in [2.75, 3.05) is 0 Å². The molecule has 1 aromatic carbocycles. The van der Waals surface area contributed by atoms with Gasteiger partial charge in [0.2, 0.25) is 5.89 Å². The molecule has 3 aromatic rings. The van der Waals surface area contributed by atoms with Crippen molar-refractivity contribution in [2.45, 2.75) is 19.0 Å². The summed E-state index contributed by atoms with van der Waals surface area (Å²) in [5.41, 5.74) is -0.970. The monoisotopic (exact) mass is 398 g/mol. The predicted octanol–water partition coefficient (Wildman–Crippen LogP) is 3.28. The van der Waals surface area contributed by atoms with E-state index in [9.17, 15) is 19.7 Å². The van der Waals surface area contributed by atoms with Crippen LogP contribution in [0.1, 0.15) is 18.4 Å². The Kier molecular flexibility index (Phi) is 4.19. The molecule has 1 aliphatic heterocycles. The molecular weight excluding hydrogens is 384 g/mol. The van der Waals surface area contributed by atoms with Crippen molar-refractivity contribution in [3.8, 4) is 10.6 Å². The number of carbonyl (C=O) groups is 2. The van der Waals surface area contributed by atoms with Crippen LogP contribution in [0.2, 0.25) is 0 Å². The lowest BCUT2D eigenvalue weighted by atomic mass is 9.92. The number of imide groups is 1. The van der Waals surface area contributed by atoms with E-state index < -0.39 is 22.4 Å². The fourth-order valence-electron chi connectivity index (χ4n) is 3.00. The quantitative estimate of drug-likeness (QED) is 0.400. The van der Waals surface area contributed by atoms with Crippen molar-refractivity contribution < 1.29 is 18.9 Å². The first-order chi connectivity index (χ1) is 13.4. The van der Waals surface area contributed by atoms with Crippen LogP contribution in [0.15, 0.2) is 52.4 Å². The van der Waals surface area contributed by atoms with Crippen molar-refractivity contribution in [3.63, 3.8) is 0 Å². The molecule has 0 aliphatic carbocycles. The zero-order chi connectivity index (χ0) is 19.9. The highest BCUT2D eigenvalue weighted by Crippen LogP contribution is 2.31. The summed E-state index contributed by atoms with van der Waals surface area (Å²) in [5.74, 6) is 0.317. The second kappa shape index (κ2) is 6.57. The summed E-state index contributed by atoms with van der Waals surface area (Å²) >= 11 is 1.49. The number of aromatic nitrogens is 1. The molecule has 28 heavy (non-hydrogen) atoms. The van der Waals surface area contributed by atoms with E-state index in [-0.39, 0.29) is 18.1 Å². The SMILES string of the molecule is CC1(c2ccc([N+](=O)[O-])cc2)NC(=O)N(Cc2ncc(-c3cccs3)o2)C1=O. The smallest absolute Gasteiger partial charge is 0.325 e. The summed E-state index contributed by atoms with van der Waals surface area (Å²) in [6.07, 6.45) is 1.55. The third kappa shape index (κ3) is 2.93. The van der Waals surface area contributed by atoms with E-state index in [1.165, 1.54) is 35.6 Å². The van der Waals surface area contributed by atoms with E-state index in [1.807, 2.05) is 17.5 Å². The molecule has 10 heteroatoms. The molecule has 1 unspecified atom stereocenters. The van der Waals surface area contributed by atoms with Gasteiger partial charge in [-0.1, -0.05) is 6.07 Å². The Labute approximate surface area is 162 Å². The van der Waals surface area contributed by atoms with Crippen LogP contribution in [0, 0.1) is 10.1 Å². The largest absolute Gasteiger partial charge is 0.438 e. The van der Waals surface area contributed by atoms with Gasteiger partial charge in [-0.15, -0.1) is 11.3 Å². The Bertz CT molecular complexity index is 1060. The van der Waals surface area contributed by atoms with Crippen molar-refractivity contribution in [3.05, 3.63) is 69.5 Å². The number of amides is 3. The van der Waals surface area contributed by atoms with E-state index in [0.717, 1.165) is 9.78 Å². The molecule has 1 N–H and O–H groups in total. The van der Waals surface area contributed by atoms with Gasteiger partial charge in [0, 0.05) is 12.1 Å². The standard InChI is InChI=1S/C18H14N4O5S/c1-18(11-4-6-12(7-5-11)22(25)26)16(23)21(17(24)20-18)10-15-19-9-13(27-15)14-3-2-8-28-14/h2-9H,10H2,1H3,(H,20,24). The molecule has 0 saturated carbocycles. The molecule has 9 nitrogen and oxygen atoms in total. The van der Waals surface area contributed by atoms with E-state index in [0.29, 0.717) is 11.3 Å². The minimum Gasteiger partial charge on any atom is -0.438 e. The van der Waals surface area contributed by atoms with Crippen LogP contribution in [-0.4, -0.2) is 26.7 Å². The predicted molar refractivity (Wildman–Crippen MR) is 99.3 cm³/mol. The molecular formula is C18H14N4O5S. The molecule has 1 aliphatic rings. The summed E-state index contributed by atoms with van der Waals surface area (Å²) in [7, 11) is 0. The molecule has 0 bridgehead atoms. The Morgan fingerprint density at radius 2 is 2.04 bits per heavy atom. The number of thiophene rings is 1. The average Bonchev–Trinajstić information content (AvgIpc) is 3.40. The lowest BCUT2D eigenvalue weighted by Gasteiger charge is -2.21. The molecule has 3 amide bonds. The summed E-state index contributed by atoms with van der Waals surface area (Å²) < 4.78 is 5.65. The normalized spacial score (nSPS) is 19.1. The molecule has 1 atom stereocenters. The molecule has 1 saturated heterocycles. The van der Waals surface area contributed by atoms with Gasteiger partial charge in [-0.25, -0.2) is 9.78 Å². The van der Waals surface area contributed by atoms with Gasteiger partial charge in [0.05, 0.1) is 16.0 Å². The van der Waals surface area contributed by atoms with Crippen LogP contribution >= 0.6 is 11.3 Å². The van der Waals surface area contributed by atoms with Gasteiger partial charge >= 0.3 is 6.03 Å². The summed E-state index contributed by atoms with van der Waals surface area (Å²) in [6.45, 7) is 1.44. The number of urea groups is 1. The van der Waals surface area contributed by atoms with Crippen molar-refractivity contribution in [1.82, 2.24) is 15.2 Å². The topological polar surface area (TPSA) is 119 Å². The first-order valence-electron chi connectivity index (χ1n) is 8.26. The van der Waals surface area contributed by atoms with E-state index in [1.54, 1.807) is 13.1 Å². The van der Waals surface area contributed by atoms with Gasteiger partial charge in [-0.05, 0) is 36.1 Å². The van der Waals surface area contributed by atoms with Crippen LogP contribution in [0.5, 0.6) is 0 Å². The Morgan fingerprint density at radius 1 is 1.29 bits per heavy atom. The number of carbonyl (C=O) groups excluding carboxylic acids is 2. The molecule has 142 valence electrons. The van der Waals surface area contributed by atoms with Gasteiger partial charge in [0.15, 0.2) is 5.76 Å². The average molecular weight is 398 g/mol. The molecule has 4 rings (SSSR count). The number of hydrogen-bond acceptors (Lipinski definition) is 7. The lowest BCUT2D eigenvalue weighted by molar-refractivity contribution is -0.384. The van der Waals surface area contributed by atoms with Crippen molar-refractivity contribution in [2.24, 2.45) is 0 Å². The van der Waals surface area contributed by atoms with Gasteiger partial charge < -0.3 is 9.73 Å². The maximum Gasteiger partial charge on any atom is 0.325 e. The van der Waals surface area contributed by atoms with Gasteiger partial charge in [0.1, 0.15) is 12.1 Å². The zero-order valence-electron chi connectivity index (χ0n) is 14.6. The lowest BCUT2D eigenvalue weighted by Crippen LogP contribution is -2.40. The number of nitro groups is 1. The van der Waals surface area contributed by atoms with E-state index >= 15 is 0 Å². The van der Waals surface area contributed by atoms with Gasteiger partial charge in [-0.3, -0.25) is 19.8 Å². The second-order valence-corrected chi connectivity index (χ2v) is 7.29. The first-order valence-corrected chi connectivity index (χ1v) is 9.14. The molecule has 0 spiro atoms. The number of nitrogens with one attached hydrogen (secondary N) is 1. The fraction of sp³-hybridized carbons (Fsp3) is 0.167. The minimum atomic E-state index is -1.32. The fourth-order valence-corrected chi connectivity index (χ4v) is 3.68. The minimum absolute atomic E-state index is 0.0955.